The first-order chi connectivity index (χ1) is 8.27. The molecule has 0 aliphatic heterocycles. The van der Waals surface area contributed by atoms with Gasteiger partial charge in [0.15, 0.2) is 0 Å². The molecule has 0 radical (unpaired) electrons. The molecule has 94 valence electrons. The van der Waals surface area contributed by atoms with Crippen molar-refractivity contribution in [2.45, 2.75) is 38.1 Å². The molecule has 0 spiro atoms. The van der Waals surface area contributed by atoms with E-state index in [4.69, 9.17) is 0 Å². The van der Waals surface area contributed by atoms with Crippen LogP contribution in [0.1, 0.15) is 43.7 Å². The molecule has 0 saturated heterocycles. The summed E-state index contributed by atoms with van der Waals surface area (Å²) in [4.78, 5) is 0. The van der Waals surface area contributed by atoms with Gasteiger partial charge in [0.1, 0.15) is 0 Å². The van der Waals surface area contributed by atoms with E-state index in [1.54, 1.807) is 0 Å². The molecule has 2 heteroatoms. The topological polar surface area (TPSA) is 12.0 Å². The molecule has 1 nitrogen and oxygen atoms in total. The molecule has 1 N–H and O–H groups in total. The van der Waals surface area contributed by atoms with Gasteiger partial charge in [-0.2, -0.15) is 0 Å². The van der Waals surface area contributed by atoms with E-state index < -0.39 is 0 Å². The Morgan fingerprint density at radius 1 is 1.24 bits per heavy atom. The Morgan fingerprint density at radius 3 is 2.53 bits per heavy atom. The number of nitrogens with one attached hydrogen (secondary N) is 1. The third-order valence-corrected chi connectivity index (χ3v) is 3.74. The van der Waals surface area contributed by atoms with Crippen LogP contribution in [-0.2, 0) is 0 Å². The molecular formula is C15H22IN. The van der Waals surface area contributed by atoms with Gasteiger partial charge in [-0.15, -0.1) is 6.58 Å². The minimum absolute atomic E-state index is 0.496. The fourth-order valence-corrected chi connectivity index (χ4v) is 2.35. The lowest BCUT2D eigenvalue weighted by Gasteiger charge is -2.16. The number of unbranched alkanes of at least 4 members (excludes halogenated alkanes) is 3. The van der Waals surface area contributed by atoms with Gasteiger partial charge >= 0.3 is 0 Å². The maximum Gasteiger partial charge on any atom is 0.0317 e. The number of hydrogen-bond donors (Lipinski definition) is 1. The Balaban J connectivity index is 2.37. The lowest BCUT2D eigenvalue weighted by molar-refractivity contribution is 0.508. The van der Waals surface area contributed by atoms with Crippen molar-refractivity contribution in [3.05, 3.63) is 46.1 Å². The van der Waals surface area contributed by atoms with Crippen LogP contribution < -0.4 is 5.32 Å². The average Bonchev–Trinajstić information content (AvgIpc) is 2.35. The summed E-state index contributed by atoms with van der Waals surface area (Å²) < 4.78 is 1.30. The third-order valence-electron chi connectivity index (χ3n) is 3.02. The molecule has 0 fully saturated rings. The minimum atomic E-state index is 0.496. The fraction of sp³-hybridized carbons (Fsp3) is 0.467. The number of rotatable bonds is 8. The fourth-order valence-electron chi connectivity index (χ4n) is 1.99. The van der Waals surface area contributed by atoms with Gasteiger partial charge in [0.05, 0.1) is 0 Å². The molecule has 0 saturated carbocycles. The summed E-state index contributed by atoms with van der Waals surface area (Å²) in [7, 11) is 2.05. The van der Waals surface area contributed by atoms with Crippen molar-refractivity contribution in [1.29, 1.82) is 0 Å². The van der Waals surface area contributed by atoms with E-state index >= 15 is 0 Å². The highest BCUT2D eigenvalue weighted by atomic mass is 127. The van der Waals surface area contributed by atoms with Crippen LogP contribution in [0.25, 0.3) is 0 Å². The third kappa shape index (κ3) is 5.68. The normalized spacial score (nSPS) is 12.4. The summed E-state index contributed by atoms with van der Waals surface area (Å²) in [5.41, 5.74) is 1.40. The summed E-state index contributed by atoms with van der Waals surface area (Å²) in [6, 6.07) is 9.31. The van der Waals surface area contributed by atoms with E-state index in [2.05, 4.69) is 58.8 Å². The van der Waals surface area contributed by atoms with Crippen LogP contribution in [0, 0.1) is 3.57 Å². The van der Waals surface area contributed by atoms with Crippen LogP contribution in [0.3, 0.4) is 0 Å². The first-order valence-corrected chi connectivity index (χ1v) is 7.39. The predicted molar refractivity (Wildman–Crippen MR) is 84.2 cm³/mol. The van der Waals surface area contributed by atoms with Crippen LogP contribution in [0.4, 0.5) is 0 Å². The van der Waals surface area contributed by atoms with Crippen LogP contribution in [0.5, 0.6) is 0 Å². The van der Waals surface area contributed by atoms with Crippen LogP contribution in [0.2, 0.25) is 0 Å². The molecule has 0 bridgehead atoms. The van der Waals surface area contributed by atoms with Crippen molar-refractivity contribution >= 4 is 22.6 Å². The molecule has 0 heterocycles. The number of benzene rings is 1. The maximum absolute atomic E-state index is 3.75. The second-order valence-electron chi connectivity index (χ2n) is 4.32. The minimum Gasteiger partial charge on any atom is -0.313 e. The van der Waals surface area contributed by atoms with Gasteiger partial charge in [0, 0.05) is 9.61 Å². The van der Waals surface area contributed by atoms with Gasteiger partial charge in [-0.3, -0.25) is 0 Å². The van der Waals surface area contributed by atoms with Crippen molar-refractivity contribution in [3.63, 3.8) is 0 Å². The predicted octanol–water partition coefficient (Wildman–Crippen LogP) is 4.69. The summed E-state index contributed by atoms with van der Waals surface area (Å²) in [5.74, 6) is 0. The van der Waals surface area contributed by atoms with Crippen LogP contribution in [-0.4, -0.2) is 7.05 Å². The standard InChI is InChI=1S/C15H22IN/c1-3-4-5-6-7-8-15(17-2)13-9-11-14(16)12-10-13/h3,9-12,15,17H,1,4-8H2,2H3. The van der Waals surface area contributed by atoms with E-state index in [1.807, 2.05) is 13.1 Å². The lowest BCUT2D eigenvalue weighted by atomic mass is 10.0. The second kappa shape index (κ2) is 8.70. The van der Waals surface area contributed by atoms with Crippen molar-refractivity contribution in [3.8, 4) is 0 Å². The summed E-state index contributed by atoms with van der Waals surface area (Å²) in [6.07, 6.45) is 8.23. The Kier molecular flexibility index (Phi) is 7.53. The lowest BCUT2D eigenvalue weighted by Crippen LogP contribution is -2.16. The molecule has 1 unspecified atom stereocenters. The number of hydrogen-bond acceptors (Lipinski definition) is 1. The van der Waals surface area contributed by atoms with E-state index in [1.165, 1.54) is 34.8 Å². The molecule has 1 rings (SSSR count). The molecule has 17 heavy (non-hydrogen) atoms. The van der Waals surface area contributed by atoms with E-state index in [0.29, 0.717) is 6.04 Å². The van der Waals surface area contributed by atoms with Gasteiger partial charge in [-0.25, -0.2) is 0 Å². The zero-order chi connectivity index (χ0) is 12.5. The smallest absolute Gasteiger partial charge is 0.0317 e. The second-order valence-corrected chi connectivity index (χ2v) is 5.57. The quantitative estimate of drug-likeness (QED) is 0.410. The van der Waals surface area contributed by atoms with Crippen LogP contribution >= 0.6 is 22.6 Å². The summed E-state index contributed by atoms with van der Waals surface area (Å²) >= 11 is 2.35. The first kappa shape index (κ1) is 14.7. The molecular weight excluding hydrogens is 321 g/mol. The Bertz CT molecular complexity index is 318. The number of halogens is 1. The Morgan fingerprint density at radius 2 is 1.94 bits per heavy atom. The van der Waals surface area contributed by atoms with E-state index in [9.17, 15) is 0 Å². The van der Waals surface area contributed by atoms with Gasteiger partial charge in [-0.1, -0.05) is 31.1 Å². The molecule has 0 amide bonds. The molecule has 0 aliphatic carbocycles. The van der Waals surface area contributed by atoms with Crippen molar-refractivity contribution in [2.24, 2.45) is 0 Å². The van der Waals surface area contributed by atoms with E-state index in [-0.39, 0.29) is 0 Å². The highest BCUT2D eigenvalue weighted by molar-refractivity contribution is 14.1. The Hall–Kier alpha value is -0.350. The number of allylic oxidation sites excluding steroid dienone is 1. The van der Waals surface area contributed by atoms with Gasteiger partial charge in [-0.05, 0) is 66.6 Å². The van der Waals surface area contributed by atoms with Crippen molar-refractivity contribution in [1.82, 2.24) is 5.32 Å². The zero-order valence-electron chi connectivity index (χ0n) is 10.6. The highest BCUT2D eigenvalue weighted by Gasteiger charge is 2.07. The van der Waals surface area contributed by atoms with Gasteiger partial charge in [0.25, 0.3) is 0 Å². The van der Waals surface area contributed by atoms with Gasteiger partial charge < -0.3 is 5.32 Å². The highest BCUT2D eigenvalue weighted by Crippen LogP contribution is 2.20. The van der Waals surface area contributed by atoms with E-state index in [0.717, 1.165) is 6.42 Å². The first-order valence-electron chi connectivity index (χ1n) is 6.31. The molecule has 1 aromatic carbocycles. The van der Waals surface area contributed by atoms with Crippen molar-refractivity contribution < 1.29 is 0 Å². The van der Waals surface area contributed by atoms with Crippen LogP contribution in [0.15, 0.2) is 36.9 Å². The van der Waals surface area contributed by atoms with Gasteiger partial charge in [0.2, 0.25) is 0 Å². The monoisotopic (exact) mass is 343 g/mol. The molecule has 1 atom stereocenters. The molecule has 0 aliphatic rings. The summed E-state index contributed by atoms with van der Waals surface area (Å²) in [6.45, 7) is 3.75. The molecule has 1 aromatic rings. The summed E-state index contributed by atoms with van der Waals surface area (Å²) in [5, 5.41) is 3.41. The average molecular weight is 343 g/mol. The largest absolute Gasteiger partial charge is 0.313 e. The Labute approximate surface area is 119 Å². The SMILES string of the molecule is C=CCCCCCC(NC)c1ccc(I)cc1. The van der Waals surface area contributed by atoms with Crippen molar-refractivity contribution in [2.75, 3.05) is 7.05 Å². The maximum atomic E-state index is 3.75. The zero-order valence-corrected chi connectivity index (χ0v) is 12.7. The molecule has 0 aromatic heterocycles.